The standard InChI is InChI=1S/C22H30ClN3O3S/c1-16-14-20(17(2)26(16)22(3,4)5)21(27)15-24-10-12-25(13-11-24)30(28,29)19-8-6-18(23)7-9-19/h6-9,14H,10-13,15H2,1-5H3. The lowest BCUT2D eigenvalue weighted by Gasteiger charge is -2.33. The Morgan fingerprint density at radius 3 is 2.10 bits per heavy atom. The zero-order chi connectivity index (χ0) is 22.3. The second-order valence-electron chi connectivity index (χ2n) is 8.85. The van der Waals surface area contributed by atoms with Crippen LogP contribution in [0.5, 0.6) is 0 Å². The highest BCUT2D eigenvalue weighted by molar-refractivity contribution is 7.89. The van der Waals surface area contributed by atoms with Gasteiger partial charge in [-0.25, -0.2) is 8.42 Å². The smallest absolute Gasteiger partial charge is 0.243 e. The minimum absolute atomic E-state index is 0.0765. The van der Waals surface area contributed by atoms with E-state index in [1.165, 1.54) is 16.4 Å². The van der Waals surface area contributed by atoms with Crippen LogP contribution in [-0.2, 0) is 15.6 Å². The van der Waals surface area contributed by atoms with Crippen LogP contribution < -0.4 is 0 Å². The Bertz CT molecular complexity index is 1030. The summed E-state index contributed by atoms with van der Waals surface area (Å²) >= 11 is 5.86. The number of halogens is 1. The largest absolute Gasteiger partial charge is 0.343 e. The Hall–Kier alpha value is -1.67. The molecule has 0 saturated carbocycles. The van der Waals surface area contributed by atoms with E-state index < -0.39 is 10.0 Å². The maximum atomic E-state index is 13.0. The number of ketones is 1. The predicted molar refractivity (Wildman–Crippen MR) is 120 cm³/mol. The molecule has 164 valence electrons. The van der Waals surface area contributed by atoms with E-state index in [0.29, 0.717) is 37.7 Å². The van der Waals surface area contributed by atoms with Gasteiger partial charge in [0.1, 0.15) is 0 Å². The lowest BCUT2D eigenvalue weighted by molar-refractivity contribution is 0.0901. The Morgan fingerprint density at radius 2 is 1.60 bits per heavy atom. The molecule has 6 nitrogen and oxygen atoms in total. The molecule has 1 aliphatic rings. The fourth-order valence-electron chi connectivity index (χ4n) is 4.25. The summed E-state index contributed by atoms with van der Waals surface area (Å²) in [7, 11) is -3.55. The molecule has 0 spiro atoms. The molecule has 8 heteroatoms. The van der Waals surface area contributed by atoms with Gasteiger partial charge < -0.3 is 4.57 Å². The highest BCUT2D eigenvalue weighted by Gasteiger charge is 2.30. The number of hydrogen-bond donors (Lipinski definition) is 0. The maximum absolute atomic E-state index is 13.0. The lowest BCUT2D eigenvalue weighted by atomic mass is 10.1. The first kappa shape index (κ1) is 23.0. The van der Waals surface area contributed by atoms with Crippen LogP contribution in [0, 0.1) is 13.8 Å². The van der Waals surface area contributed by atoms with Gasteiger partial charge >= 0.3 is 0 Å². The van der Waals surface area contributed by atoms with Crippen molar-refractivity contribution in [3.63, 3.8) is 0 Å². The zero-order valence-corrected chi connectivity index (χ0v) is 19.8. The van der Waals surface area contributed by atoms with Gasteiger partial charge in [0, 0.05) is 53.7 Å². The maximum Gasteiger partial charge on any atom is 0.243 e. The quantitative estimate of drug-likeness (QED) is 0.650. The summed E-state index contributed by atoms with van der Waals surface area (Å²) in [6.45, 7) is 12.5. The summed E-state index contributed by atoms with van der Waals surface area (Å²) in [6, 6.07) is 8.18. The van der Waals surface area contributed by atoms with Crippen LogP contribution in [0.4, 0.5) is 0 Å². The monoisotopic (exact) mass is 451 g/mol. The van der Waals surface area contributed by atoms with E-state index in [0.717, 1.165) is 17.0 Å². The molecule has 1 aromatic carbocycles. The summed E-state index contributed by atoms with van der Waals surface area (Å²) in [4.78, 5) is 15.2. The van der Waals surface area contributed by atoms with Crippen molar-refractivity contribution in [2.45, 2.75) is 45.1 Å². The summed E-state index contributed by atoms with van der Waals surface area (Å²) in [5.74, 6) is 0.0765. The van der Waals surface area contributed by atoms with Crippen LogP contribution in [0.15, 0.2) is 35.2 Å². The number of piperazine rings is 1. The molecule has 2 aromatic rings. The van der Waals surface area contributed by atoms with E-state index in [2.05, 4.69) is 25.3 Å². The van der Waals surface area contributed by atoms with Gasteiger partial charge in [0.15, 0.2) is 5.78 Å². The number of hydrogen-bond acceptors (Lipinski definition) is 4. The van der Waals surface area contributed by atoms with Crippen LogP contribution in [0.3, 0.4) is 0 Å². The first-order chi connectivity index (χ1) is 13.9. The van der Waals surface area contributed by atoms with Crippen molar-refractivity contribution in [2.75, 3.05) is 32.7 Å². The molecule has 0 unspecified atom stereocenters. The summed E-state index contributed by atoms with van der Waals surface area (Å²) in [5.41, 5.74) is 2.71. The molecule has 0 bridgehead atoms. The Kier molecular flexibility index (Phi) is 6.49. The van der Waals surface area contributed by atoms with Gasteiger partial charge in [-0.2, -0.15) is 4.31 Å². The zero-order valence-electron chi connectivity index (χ0n) is 18.3. The van der Waals surface area contributed by atoms with Crippen molar-refractivity contribution < 1.29 is 13.2 Å². The Balaban J connectivity index is 1.65. The van der Waals surface area contributed by atoms with E-state index in [1.807, 2.05) is 24.8 Å². The minimum atomic E-state index is -3.55. The van der Waals surface area contributed by atoms with Gasteiger partial charge in [-0.1, -0.05) is 11.6 Å². The fourth-order valence-corrected chi connectivity index (χ4v) is 5.80. The number of aromatic nitrogens is 1. The number of carbonyl (C=O) groups is 1. The molecule has 0 N–H and O–H groups in total. The molecule has 0 radical (unpaired) electrons. The summed E-state index contributed by atoms with van der Waals surface area (Å²) in [6.07, 6.45) is 0. The lowest BCUT2D eigenvalue weighted by Crippen LogP contribution is -2.49. The Labute approximate surface area is 184 Å². The van der Waals surface area contributed by atoms with Crippen LogP contribution in [-0.4, -0.2) is 60.7 Å². The second-order valence-corrected chi connectivity index (χ2v) is 11.2. The molecule has 1 aliphatic heterocycles. The van der Waals surface area contributed by atoms with Crippen molar-refractivity contribution in [1.29, 1.82) is 0 Å². The molecule has 1 saturated heterocycles. The van der Waals surface area contributed by atoms with Crippen molar-refractivity contribution in [3.8, 4) is 0 Å². The van der Waals surface area contributed by atoms with E-state index in [1.54, 1.807) is 12.1 Å². The number of carbonyl (C=O) groups excluding carboxylic acids is 1. The number of Topliss-reactive ketones (excluding diaryl/α,β-unsaturated/α-hetero) is 1. The number of aryl methyl sites for hydroxylation is 1. The topological polar surface area (TPSA) is 62.6 Å². The number of benzene rings is 1. The van der Waals surface area contributed by atoms with Gasteiger partial charge in [0.2, 0.25) is 10.0 Å². The van der Waals surface area contributed by atoms with Gasteiger partial charge in [0.05, 0.1) is 11.4 Å². The van der Waals surface area contributed by atoms with E-state index >= 15 is 0 Å². The molecule has 30 heavy (non-hydrogen) atoms. The van der Waals surface area contributed by atoms with Crippen LogP contribution >= 0.6 is 11.6 Å². The van der Waals surface area contributed by atoms with Gasteiger partial charge in [-0.3, -0.25) is 9.69 Å². The number of nitrogens with zero attached hydrogens (tertiary/aromatic N) is 3. The van der Waals surface area contributed by atoms with Crippen molar-refractivity contribution in [3.05, 3.63) is 52.3 Å². The third-order valence-corrected chi connectivity index (χ3v) is 7.72. The minimum Gasteiger partial charge on any atom is -0.343 e. The summed E-state index contributed by atoms with van der Waals surface area (Å²) in [5, 5.41) is 0.503. The van der Waals surface area contributed by atoms with E-state index in [-0.39, 0.29) is 16.2 Å². The molecular formula is C22H30ClN3O3S. The third-order valence-electron chi connectivity index (χ3n) is 5.55. The molecular weight excluding hydrogens is 422 g/mol. The first-order valence-electron chi connectivity index (χ1n) is 10.1. The highest BCUT2D eigenvalue weighted by Crippen LogP contribution is 2.25. The van der Waals surface area contributed by atoms with Gasteiger partial charge in [-0.05, 0) is 65.0 Å². The van der Waals surface area contributed by atoms with E-state index in [9.17, 15) is 13.2 Å². The van der Waals surface area contributed by atoms with E-state index in [4.69, 9.17) is 11.6 Å². The van der Waals surface area contributed by atoms with Crippen LogP contribution in [0.1, 0.15) is 42.5 Å². The molecule has 0 atom stereocenters. The Morgan fingerprint density at radius 1 is 1.03 bits per heavy atom. The second kappa shape index (κ2) is 8.46. The fraction of sp³-hybridized carbons (Fsp3) is 0.500. The molecule has 3 rings (SSSR count). The molecule has 0 aliphatic carbocycles. The SMILES string of the molecule is Cc1cc(C(=O)CN2CCN(S(=O)(=O)c3ccc(Cl)cc3)CC2)c(C)n1C(C)(C)C. The molecule has 0 amide bonds. The van der Waals surface area contributed by atoms with Crippen LogP contribution in [0.25, 0.3) is 0 Å². The molecule has 2 heterocycles. The van der Waals surface area contributed by atoms with Gasteiger partial charge in [-0.15, -0.1) is 0 Å². The number of rotatable bonds is 5. The highest BCUT2D eigenvalue weighted by atomic mass is 35.5. The molecule has 1 fully saturated rings. The average molecular weight is 452 g/mol. The number of sulfonamides is 1. The third kappa shape index (κ3) is 4.64. The predicted octanol–water partition coefficient (Wildman–Crippen LogP) is 3.70. The van der Waals surface area contributed by atoms with Gasteiger partial charge in [0.25, 0.3) is 0 Å². The van der Waals surface area contributed by atoms with Crippen molar-refractivity contribution >= 4 is 27.4 Å². The van der Waals surface area contributed by atoms with Crippen LogP contribution in [0.2, 0.25) is 5.02 Å². The summed E-state index contributed by atoms with van der Waals surface area (Å²) < 4.78 is 29.3. The van der Waals surface area contributed by atoms with Crippen molar-refractivity contribution in [2.24, 2.45) is 0 Å². The molecule has 1 aromatic heterocycles. The normalized spacial score (nSPS) is 16.7. The average Bonchev–Trinajstić information content (AvgIpc) is 2.97. The van der Waals surface area contributed by atoms with Crippen molar-refractivity contribution in [1.82, 2.24) is 13.8 Å². The first-order valence-corrected chi connectivity index (χ1v) is 11.9.